The molecule has 1 unspecified atom stereocenters. The van der Waals surface area contributed by atoms with Gasteiger partial charge in [-0.3, -0.25) is 0 Å². The standard InChI is InChI=1S/C10H17N3O2/c1-7(2)10-12-9(13-15-10)6-14-8-3-4-11-5-8/h7-8,11H,3-6H2,1-2H3. The van der Waals surface area contributed by atoms with E-state index in [1.165, 1.54) is 0 Å². The van der Waals surface area contributed by atoms with Crippen molar-refractivity contribution in [2.75, 3.05) is 13.1 Å². The van der Waals surface area contributed by atoms with Crippen LogP contribution >= 0.6 is 0 Å². The summed E-state index contributed by atoms with van der Waals surface area (Å²) in [5.41, 5.74) is 0. The first kappa shape index (κ1) is 10.6. The average Bonchev–Trinajstić information content (AvgIpc) is 2.86. The first-order valence-electron chi connectivity index (χ1n) is 5.40. The number of rotatable bonds is 4. The minimum Gasteiger partial charge on any atom is -0.369 e. The molecule has 0 bridgehead atoms. The monoisotopic (exact) mass is 211 g/mol. The molecular formula is C10H17N3O2. The van der Waals surface area contributed by atoms with Gasteiger partial charge < -0.3 is 14.6 Å². The highest BCUT2D eigenvalue weighted by Crippen LogP contribution is 2.12. The van der Waals surface area contributed by atoms with Gasteiger partial charge in [-0.05, 0) is 13.0 Å². The van der Waals surface area contributed by atoms with Gasteiger partial charge in [0.15, 0.2) is 5.82 Å². The summed E-state index contributed by atoms with van der Waals surface area (Å²) in [4.78, 5) is 4.25. The summed E-state index contributed by atoms with van der Waals surface area (Å²) in [7, 11) is 0. The highest BCUT2D eigenvalue weighted by Gasteiger charge is 2.16. The normalized spacial score (nSPS) is 21.4. The van der Waals surface area contributed by atoms with Gasteiger partial charge in [0.25, 0.3) is 0 Å². The molecule has 1 aromatic heterocycles. The summed E-state index contributed by atoms with van der Waals surface area (Å²) in [5.74, 6) is 1.60. The van der Waals surface area contributed by atoms with E-state index in [0.717, 1.165) is 19.5 Å². The molecule has 2 rings (SSSR count). The Morgan fingerprint density at radius 1 is 1.60 bits per heavy atom. The summed E-state index contributed by atoms with van der Waals surface area (Å²) in [6, 6.07) is 0. The number of nitrogens with one attached hydrogen (secondary N) is 1. The third kappa shape index (κ3) is 2.76. The second kappa shape index (κ2) is 4.72. The highest BCUT2D eigenvalue weighted by molar-refractivity contribution is 4.89. The van der Waals surface area contributed by atoms with Crippen LogP contribution in [0.1, 0.15) is 37.9 Å². The molecule has 0 spiro atoms. The third-order valence-electron chi connectivity index (χ3n) is 2.44. The smallest absolute Gasteiger partial charge is 0.229 e. The molecule has 0 amide bonds. The van der Waals surface area contributed by atoms with Gasteiger partial charge in [-0.25, -0.2) is 0 Å². The van der Waals surface area contributed by atoms with Gasteiger partial charge in [-0.15, -0.1) is 0 Å². The summed E-state index contributed by atoms with van der Waals surface area (Å²) in [6.45, 7) is 6.46. The second-order valence-electron chi connectivity index (χ2n) is 4.13. The van der Waals surface area contributed by atoms with E-state index >= 15 is 0 Å². The SMILES string of the molecule is CC(C)c1nc(COC2CCNC2)no1. The first-order valence-corrected chi connectivity index (χ1v) is 5.40. The van der Waals surface area contributed by atoms with Crippen molar-refractivity contribution < 1.29 is 9.26 Å². The van der Waals surface area contributed by atoms with E-state index in [0.29, 0.717) is 24.4 Å². The topological polar surface area (TPSA) is 60.2 Å². The maximum atomic E-state index is 5.63. The van der Waals surface area contributed by atoms with Gasteiger partial charge in [0, 0.05) is 12.5 Å². The minimum absolute atomic E-state index is 0.277. The molecule has 1 atom stereocenters. The first-order chi connectivity index (χ1) is 7.25. The van der Waals surface area contributed by atoms with Crippen molar-refractivity contribution >= 4 is 0 Å². The molecule has 5 nitrogen and oxygen atoms in total. The number of hydrogen-bond donors (Lipinski definition) is 1. The van der Waals surface area contributed by atoms with Gasteiger partial charge >= 0.3 is 0 Å². The number of ether oxygens (including phenoxy) is 1. The van der Waals surface area contributed by atoms with Crippen LogP contribution in [0.2, 0.25) is 0 Å². The molecule has 0 aromatic carbocycles. The van der Waals surface area contributed by atoms with Crippen molar-refractivity contribution in [1.82, 2.24) is 15.5 Å². The van der Waals surface area contributed by atoms with Crippen LogP contribution in [0.3, 0.4) is 0 Å². The Morgan fingerprint density at radius 3 is 3.07 bits per heavy atom. The fourth-order valence-corrected chi connectivity index (χ4v) is 1.52. The van der Waals surface area contributed by atoms with Crippen molar-refractivity contribution in [3.05, 3.63) is 11.7 Å². The second-order valence-corrected chi connectivity index (χ2v) is 4.13. The molecule has 1 fully saturated rings. The Hall–Kier alpha value is -0.940. The van der Waals surface area contributed by atoms with Gasteiger partial charge in [0.2, 0.25) is 5.89 Å². The lowest BCUT2D eigenvalue weighted by molar-refractivity contribution is 0.0490. The van der Waals surface area contributed by atoms with Crippen LogP contribution < -0.4 is 5.32 Å². The molecule has 0 saturated carbocycles. The quantitative estimate of drug-likeness (QED) is 0.807. The molecule has 1 N–H and O–H groups in total. The van der Waals surface area contributed by atoms with Crippen molar-refractivity contribution in [3.63, 3.8) is 0 Å². The van der Waals surface area contributed by atoms with Crippen LogP contribution in [0.25, 0.3) is 0 Å². The maximum Gasteiger partial charge on any atom is 0.229 e. The lowest BCUT2D eigenvalue weighted by atomic mass is 10.2. The predicted octanol–water partition coefficient (Wildman–Crippen LogP) is 1.07. The van der Waals surface area contributed by atoms with Crippen molar-refractivity contribution in [2.24, 2.45) is 0 Å². The molecule has 0 radical (unpaired) electrons. The van der Waals surface area contributed by atoms with Crippen molar-refractivity contribution in [2.45, 2.75) is 38.9 Å². The van der Waals surface area contributed by atoms with Crippen molar-refractivity contribution in [1.29, 1.82) is 0 Å². The Bertz CT molecular complexity index is 305. The molecule has 2 heterocycles. The number of aromatic nitrogens is 2. The van der Waals surface area contributed by atoms with Crippen LogP contribution in [0.5, 0.6) is 0 Å². The lowest BCUT2D eigenvalue weighted by Crippen LogP contribution is -2.16. The number of nitrogens with zero attached hydrogens (tertiary/aromatic N) is 2. The van der Waals surface area contributed by atoms with Crippen molar-refractivity contribution in [3.8, 4) is 0 Å². The largest absolute Gasteiger partial charge is 0.369 e. The van der Waals surface area contributed by atoms with E-state index in [9.17, 15) is 0 Å². The van der Waals surface area contributed by atoms with E-state index in [4.69, 9.17) is 9.26 Å². The minimum atomic E-state index is 0.277. The van der Waals surface area contributed by atoms with E-state index in [2.05, 4.69) is 15.5 Å². The molecule has 84 valence electrons. The molecular weight excluding hydrogens is 194 g/mol. The van der Waals surface area contributed by atoms with E-state index in [-0.39, 0.29) is 5.92 Å². The zero-order chi connectivity index (χ0) is 10.7. The third-order valence-corrected chi connectivity index (χ3v) is 2.44. The Balaban J connectivity index is 1.82. The Morgan fingerprint density at radius 2 is 2.47 bits per heavy atom. The molecule has 1 aliphatic rings. The summed E-state index contributed by atoms with van der Waals surface area (Å²) < 4.78 is 10.7. The van der Waals surface area contributed by atoms with E-state index < -0.39 is 0 Å². The summed E-state index contributed by atoms with van der Waals surface area (Å²) >= 11 is 0. The van der Waals surface area contributed by atoms with Crippen LogP contribution in [-0.4, -0.2) is 29.3 Å². The fourth-order valence-electron chi connectivity index (χ4n) is 1.52. The maximum absolute atomic E-state index is 5.63. The van der Waals surface area contributed by atoms with Gasteiger partial charge in [0.1, 0.15) is 6.61 Å². The zero-order valence-corrected chi connectivity index (χ0v) is 9.19. The van der Waals surface area contributed by atoms with Gasteiger partial charge in [0.05, 0.1) is 6.10 Å². The molecule has 15 heavy (non-hydrogen) atoms. The lowest BCUT2D eigenvalue weighted by Gasteiger charge is -2.07. The molecule has 0 aliphatic carbocycles. The average molecular weight is 211 g/mol. The van der Waals surface area contributed by atoms with Crippen LogP contribution in [-0.2, 0) is 11.3 Å². The summed E-state index contributed by atoms with van der Waals surface area (Å²) in [6.07, 6.45) is 1.36. The highest BCUT2D eigenvalue weighted by atomic mass is 16.5. The molecule has 1 aliphatic heterocycles. The molecule has 5 heteroatoms. The molecule has 1 aromatic rings. The van der Waals surface area contributed by atoms with Crippen LogP contribution in [0.15, 0.2) is 4.52 Å². The Kier molecular flexibility index (Phi) is 3.33. The number of hydrogen-bond acceptors (Lipinski definition) is 5. The predicted molar refractivity (Wildman–Crippen MR) is 54.5 cm³/mol. The zero-order valence-electron chi connectivity index (χ0n) is 9.19. The van der Waals surface area contributed by atoms with Crippen LogP contribution in [0.4, 0.5) is 0 Å². The fraction of sp³-hybridized carbons (Fsp3) is 0.800. The van der Waals surface area contributed by atoms with Gasteiger partial charge in [-0.2, -0.15) is 4.98 Å². The van der Waals surface area contributed by atoms with Gasteiger partial charge in [-0.1, -0.05) is 19.0 Å². The van der Waals surface area contributed by atoms with E-state index in [1.807, 2.05) is 13.8 Å². The van der Waals surface area contributed by atoms with Crippen LogP contribution in [0, 0.1) is 0 Å². The Labute approximate surface area is 89.2 Å². The molecule has 1 saturated heterocycles. The van der Waals surface area contributed by atoms with E-state index in [1.54, 1.807) is 0 Å². The summed E-state index contributed by atoms with van der Waals surface area (Å²) in [5, 5.41) is 7.11.